The van der Waals surface area contributed by atoms with Crippen LogP contribution in [0.1, 0.15) is 37.3 Å². The number of fused-ring (bicyclic) bond motifs is 1. The summed E-state index contributed by atoms with van der Waals surface area (Å²) in [5, 5.41) is 16.0. The fourth-order valence-electron chi connectivity index (χ4n) is 3.42. The maximum absolute atomic E-state index is 12.2. The number of likely N-dealkylation sites (tertiary alicyclic amines) is 1. The van der Waals surface area contributed by atoms with Crippen molar-refractivity contribution in [1.29, 1.82) is 0 Å². The Morgan fingerprint density at radius 2 is 2.08 bits per heavy atom. The molecule has 6 heteroatoms. The van der Waals surface area contributed by atoms with E-state index in [9.17, 15) is 9.90 Å². The van der Waals surface area contributed by atoms with Gasteiger partial charge in [-0.15, -0.1) is 11.8 Å². The van der Waals surface area contributed by atoms with Gasteiger partial charge in [-0.3, -0.25) is 0 Å². The van der Waals surface area contributed by atoms with Gasteiger partial charge in [-0.25, -0.2) is 4.79 Å². The molecule has 2 aliphatic heterocycles. The Morgan fingerprint density at radius 1 is 1.29 bits per heavy atom. The minimum Gasteiger partial charge on any atom is -0.390 e. The standard InChI is InChI=1S/C18H27N3O2S/c22-14(13-21-9-4-1-5-10-21)12-19-18(23)20-16-8-11-24-17-7-3-2-6-15(16)17/h2-3,6-7,14,16,22H,1,4-5,8-13H2,(H2,19,20,23)/t14-,16-/m0/s1. The van der Waals surface area contributed by atoms with Crippen molar-refractivity contribution < 1.29 is 9.90 Å². The second kappa shape index (κ2) is 8.74. The number of amides is 2. The Balaban J connectivity index is 1.43. The van der Waals surface area contributed by atoms with Crippen LogP contribution in [0.15, 0.2) is 29.2 Å². The average molecular weight is 350 g/mol. The summed E-state index contributed by atoms with van der Waals surface area (Å²) in [5.74, 6) is 1.01. The van der Waals surface area contributed by atoms with Crippen LogP contribution in [0.2, 0.25) is 0 Å². The largest absolute Gasteiger partial charge is 0.390 e. The molecule has 2 aliphatic rings. The summed E-state index contributed by atoms with van der Waals surface area (Å²) in [6.07, 6.45) is 4.13. The summed E-state index contributed by atoms with van der Waals surface area (Å²) in [7, 11) is 0. The maximum atomic E-state index is 12.2. The molecule has 0 aliphatic carbocycles. The third-order valence-corrected chi connectivity index (χ3v) is 5.80. The topological polar surface area (TPSA) is 64.6 Å². The van der Waals surface area contributed by atoms with Crippen molar-refractivity contribution in [3.63, 3.8) is 0 Å². The molecule has 0 aromatic heterocycles. The molecule has 3 rings (SSSR count). The number of rotatable bonds is 5. The Labute approximate surface area is 148 Å². The SMILES string of the molecule is O=C(NC[C@H](O)CN1CCCCC1)N[C@H]1CCSc2ccccc21. The number of thioether (sulfide) groups is 1. The molecule has 0 bridgehead atoms. The van der Waals surface area contributed by atoms with E-state index in [1.807, 2.05) is 23.9 Å². The summed E-state index contributed by atoms with van der Waals surface area (Å²) in [5.41, 5.74) is 1.19. The van der Waals surface area contributed by atoms with Crippen LogP contribution in [0.25, 0.3) is 0 Å². The Kier molecular flexibility index (Phi) is 6.40. The highest BCUT2D eigenvalue weighted by Crippen LogP contribution is 2.35. The highest BCUT2D eigenvalue weighted by Gasteiger charge is 2.22. The van der Waals surface area contributed by atoms with Gasteiger partial charge in [-0.1, -0.05) is 24.6 Å². The van der Waals surface area contributed by atoms with Crippen molar-refractivity contribution >= 4 is 17.8 Å². The van der Waals surface area contributed by atoms with Crippen LogP contribution >= 0.6 is 11.8 Å². The molecule has 132 valence electrons. The summed E-state index contributed by atoms with van der Waals surface area (Å²) in [4.78, 5) is 15.7. The molecule has 1 saturated heterocycles. The first-order valence-electron chi connectivity index (χ1n) is 8.89. The predicted octanol–water partition coefficient (Wildman–Crippen LogP) is 2.37. The van der Waals surface area contributed by atoms with E-state index in [0.29, 0.717) is 13.1 Å². The lowest BCUT2D eigenvalue weighted by atomic mass is 10.0. The number of piperidine rings is 1. The molecule has 0 saturated carbocycles. The van der Waals surface area contributed by atoms with Crippen LogP contribution in [0.3, 0.4) is 0 Å². The first-order chi connectivity index (χ1) is 11.7. The lowest BCUT2D eigenvalue weighted by molar-refractivity contribution is 0.101. The number of hydrogen-bond acceptors (Lipinski definition) is 4. The molecule has 2 amide bonds. The summed E-state index contributed by atoms with van der Waals surface area (Å²) >= 11 is 1.84. The van der Waals surface area contributed by atoms with E-state index in [-0.39, 0.29) is 12.1 Å². The number of hydrogen-bond donors (Lipinski definition) is 3. The van der Waals surface area contributed by atoms with Gasteiger partial charge in [0.25, 0.3) is 0 Å². The van der Waals surface area contributed by atoms with Gasteiger partial charge >= 0.3 is 6.03 Å². The molecule has 0 radical (unpaired) electrons. The summed E-state index contributed by atoms with van der Waals surface area (Å²) in [6.45, 7) is 3.05. The van der Waals surface area contributed by atoms with Crippen molar-refractivity contribution in [2.24, 2.45) is 0 Å². The Bertz CT molecular complexity index is 549. The highest BCUT2D eigenvalue weighted by molar-refractivity contribution is 7.99. The van der Waals surface area contributed by atoms with E-state index in [1.165, 1.54) is 29.7 Å². The zero-order valence-electron chi connectivity index (χ0n) is 14.0. The number of aliphatic hydroxyl groups excluding tert-OH is 1. The van der Waals surface area contributed by atoms with Crippen LogP contribution in [-0.2, 0) is 0 Å². The minimum absolute atomic E-state index is 0.0571. The van der Waals surface area contributed by atoms with Gasteiger partial charge in [0.05, 0.1) is 12.1 Å². The number of aliphatic hydroxyl groups is 1. The summed E-state index contributed by atoms with van der Waals surface area (Å²) in [6, 6.07) is 8.09. The monoisotopic (exact) mass is 349 g/mol. The number of carbonyl (C=O) groups excluding carboxylic acids is 1. The van der Waals surface area contributed by atoms with Crippen molar-refractivity contribution in [2.75, 3.05) is 31.9 Å². The smallest absolute Gasteiger partial charge is 0.315 e. The molecule has 0 unspecified atom stereocenters. The van der Waals surface area contributed by atoms with Gasteiger partial charge in [0.1, 0.15) is 0 Å². The van der Waals surface area contributed by atoms with E-state index >= 15 is 0 Å². The molecular weight excluding hydrogens is 322 g/mol. The third-order valence-electron chi connectivity index (χ3n) is 4.68. The molecule has 1 fully saturated rings. The van der Waals surface area contributed by atoms with Crippen LogP contribution < -0.4 is 10.6 Å². The van der Waals surface area contributed by atoms with E-state index in [0.717, 1.165) is 25.3 Å². The zero-order chi connectivity index (χ0) is 16.8. The maximum Gasteiger partial charge on any atom is 0.315 e. The number of nitrogens with zero attached hydrogens (tertiary/aromatic N) is 1. The quantitative estimate of drug-likeness (QED) is 0.764. The molecule has 24 heavy (non-hydrogen) atoms. The predicted molar refractivity (Wildman–Crippen MR) is 97.4 cm³/mol. The van der Waals surface area contributed by atoms with E-state index < -0.39 is 6.10 Å². The summed E-state index contributed by atoms with van der Waals surface area (Å²) < 4.78 is 0. The second-order valence-corrected chi connectivity index (χ2v) is 7.73. The van der Waals surface area contributed by atoms with Gasteiger partial charge in [0, 0.05) is 23.7 Å². The second-order valence-electron chi connectivity index (χ2n) is 6.60. The van der Waals surface area contributed by atoms with Crippen molar-refractivity contribution in [3.05, 3.63) is 29.8 Å². The van der Waals surface area contributed by atoms with Crippen molar-refractivity contribution in [2.45, 2.75) is 42.7 Å². The lowest BCUT2D eigenvalue weighted by Crippen LogP contribution is -2.45. The number of nitrogens with one attached hydrogen (secondary N) is 2. The number of urea groups is 1. The fraction of sp³-hybridized carbons (Fsp3) is 0.611. The number of β-amino-alcohol motifs (C(OH)–C–C–N with tert-alkyl or cyclic N) is 1. The Morgan fingerprint density at radius 3 is 2.92 bits per heavy atom. The average Bonchev–Trinajstić information content (AvgIpc) is 2.61. The molecule has 1 aromatic rings. The van der Waals surface area contributed by atoms with E-state index in [2.05, 4.69) is 27.7 Å². The molecule has 3 N–H and O–H groups in total. The highest BCUT2D eigenvalue weighted by atomic mass is 32.2. The number of benzene rings is 1. The van der Waals surface area contributed by atoms with Crippen LogP contribution in [-0.4, -0.2) is 54.1 Å². The molecular formula is C18H27N3O2S. The molecule has 2 heterocycles. The van der Waals surface area contributed by atoms with E-state index in [4.69, 9.17) is 0 Å². The first-order valence-corrected chi connectivity index (χ1v) is 9.87. The van der Waals surface area contributed by atoms with Crippen molar-refractivity contribution in [1.82, 2.24) is 15.5 Å². The molecule has 5 nitrogen and oxygen atoms in total. The van der Waals surface area contributed by atoms with Crippen LogP contribution in [0.4, 0.5) is 4.79 Å². The first kappa shape index (κ1) is 17.6. The normalized spacial score (nSPS) is 22.5. The fourth-order valence-corrected chi connectivity index (χ4v) is 4.54. The van der Waals surface area contributed by atoms with Crippen LogP contribution in [0, 0.1) is 0 Å². The van der Waals surface area contributed by atoms with E-state index in [1.54, 1.807) is 0 Å². The van der Waals surface area contributed by atoms with Gasteiger partial charge in [0.2, 0.25) is 0 Å². The van der Waals surface area contributed by atoms with Crippen LogP contribution in [0.5, 0.6) is 0 Å². The zero-order valence-corrected chi connectivity index (χ0v) is 14.9. The lowest BCUT2D eigenvalue weighted by Gasteiger charge is -2.29. The molecule has 0 spiro atoms. The van der Waals surface area contributed by atoms with Gasteiger partial charge in [-0.2, -0.15) is 0 Å². The Hall–Kier alpha value is -1.24. The third kappa shape index (κ3) is 4.88. The number of carbonyl (C=O) groups is 1. The molecule has 1 aromatic carbocycles. The minimum atomic E-state index is -0.511. The molecule has 2 atom stereocenters. The van der Waals surface area contributed by atoms with Gasteiger partial charge in [-0.05, 0) is 44.0 Å². The van der Waals surface area contributed by atoms with Gasteiger partial charge < -0.3 is 20.6 Å². The van der Waals surface area contributed by atoms with Gasteiger partial charge in [0.15, 0.2) is 0 Å². The van der Waals surface area contributed by atoms with Crippen molar-refractivity contribution in [3.8, 4) is 0 Å².